The molecule has 0 radical (unpaired) electrons. The molecule has 0 saturated carbocycles. The van der Waals surface area contributed by atoms with E-state index in [2.05, 4.69) is 58.2 Å². The van der Waals surface area contributed by atoms with Crippen molar-refractivity contribution < 1.29 is 17.9 Å². The van der Waals surface area contributed by atoms with E-state index in [0.717, 1.165) is 68.5 Å². The summed E-state index contributed by atoms with van der Waals surface area (Å²) in [5.41, 5.74) is 3.56. The van der Waals surface area contributed by atoms with Crippen LogP contribution in [0.5, 0.6) is 5.75 Å². The summed E-state index contributed by atoms with van der Waals surface area (Å²) in [5, 5.41) is 3.98. The van der Waals surface area contributed by atoms with Crippen LogP contribution in [0.2, 0.25) is 0 Å². The van der Waals surface area contributed by atoms with Crippen LogP contribution in [0.1, 0.15) is 37.4 Å². The molecule has 1 fully saturated rings. The third-order valence-corrected chi connectivity index (χ3v) is 7.27. The average Bonchev–Trinajstić information content (AvgIpc) is 2.96. The number of hydrogen-bond donors (Lipinski definition) is 1. The van der Waals surface area contributed by atoms with Gasteiger partial charge in [0, 0.05) is 55.2 Å². The molecule has 0 spiro atoms. The number of hydrogen-bond acceptors (Lipinski definition) is 5. The van der Waals surface area contributed by atoms with E-state index in [4.69, 9.17) is 4.74 Å². The predicted molar refractivity (Wildman–Crippen MR) is 151 cm³/mol. The third-order valence-electron chi connectivity index (χ3n) is 7.27. The van der Waals surface area contributed by atoms with Crippen LogP contribution in [0.25, 0.3) is 10.9 Å². The highest BCUT2D eigenvalue weighted by Crippen LogP contribution is 2.34. The molecule has 1 aliphatic heterocycles. The van der Waals surface area contributed by atoms with Crippen LogP contribution >= 0.6 is 0 Å². The van der Waals surface area contributed by atoms with Crippen LogP contribution in [0.15, 0.2) is 79.0 Å². The molecule has 2 heterocycles. The number of nitrogens with zero attached hydrogens (tertiary/aromatic N) is 3. The van der Waals surface area contributed by atoms with E-state index in [0.29, 0.717) is 16.6 Å². The van der Waals surface area contributed by atoms with Crippen molar-refractivity contribution in [1.82, 2.24) is 9.88 Å². The second-order valence-electron chi connectivity index (χ2n) is 9.85. The van der Waals surface area contributed by atoms with Gasteiger partial charge in [-0.3, -0.25) is 9.88 Å². The lowest BCUT2D eigenvalue weighted by atomic mass is 10.0. The molecule has 0 amide bonds. The minimum Gasteiger partial charge on any atom is -0.491 e. The summed E-state index contributed by atoms with van der Waals surface area (Å²) in [7, 11) is 0. The van der Waals surface area contributed by atoms with Gasteiger partial charge in [0.15, 0.2) is 0 Å². The van der Waals surface area contributed by atoms with E-state index >= 15 is 0 Å². The van der Waals surface area contributed by atoms with E-state index in [1.54, 1.807) is 6.07 Å². The fourth-order valence-electron chi connectivity index (χ4n) is 5.05. The summed E-state index contributed by atoms with van der Waals surface area (Å²) in [4.78, 5) is 9.02. The molecule has 39 heavy (non-hydrogen) atoms. The highest BCUT2D eigenvalue weighted by Gasteiger charge is 2.30. The van der Waals surface area contributed by atoms with Crippen LogP contribution in [0.3, 0.4) is 0 Å². The number of rotatable bonds is 8. The van der Waals surface area contributed by atoms with Gasteiger partial charge in [0.1, 0.15) is 5.75 Å². The molecular weight excluding hydrogens is 501 g/mol. The molecule has 1 unspecified atom stereocenters. The number of pyridine rings is 1. The number of nitrogens with one attached hydrogen (secondary N) is 1. The zero-order valence-electron chi connectivity index (χ0n) is 22.2. The Morgan fingerprint density at radius 3 is 2.41 bits per heavy atom. The molecule has 1 saturated heterocycles. The molecule has 204 valence electrons. The quantitative estimate of drug-likeness (QED) is 0.251. The molecule has 5 nitrogen and oxygen atoms in total. The van der Waals surface area contributed by atoms with Gasteiger partial charge in [-0.1, -0.05) is 37.3 Å². The van der Waals surface area contributed by atoms with Gasteiger partial charge in [0.25, 0.3) is 0 Å². The van der Waals surface area contributed by atoms with Crippen LogP contribution in [-0.4, -0.2) is 42.7 Å². The monoisotopic (exact) mass is 534 g/mol. The zero-order chi connectivity index (χ0) is 27.4. The summed E-state index contributed by atoms with van der Waals surface area (Å²) in [5.74, 6) is 0.951. The molecule has 0 aliphatic carbocycles. The standard InChI is InChI=1S/C31H33F3N4O/c1-3-20-39-30-7-5-4-6-29(30)38-18-16-37(17-19-38)22(2)23-8-11-25(12-9-23)36-27-14-15-35-28-21-24(31(32,33)34)10-13-26(27)28/h4-15,21-22H,3,16-20H2,1-2H3,(H,35,36). The fraction of sp³-hybridized carbons (Fsp3) is 0.323. The van der Waals surface area contributed by atoms with E-state index in [9.17, 15) is 13.2 Å². The minimum absolute atomic E-state index is 0.260. The number of alkyl halides is 3. The maximum absolute atomic E-state index is 13.1. The van der Waals surface area contributed by atoms with Crippen molar-refractivity contribution in [1.29, 1.82) is 0 Å². The second-order valence-corrected chi connectivity index (χ2v) is 9.85. The average molecular weight is 535 g/mol. The molecule has 1 aliphatic rings. The van der Waals surface area contributed by atoms with Crippen LogP contribution < -0.4 is 15.0 Å². The van der Waals surface area contributed by atoms with Crippen LogP contribution in [0.4, 0.5) is 30.2 Å². The molecule has 1 atom stereocenters. The lowest BCUT2D eigenvalue weighted by Gasteiger charge is -2.39. The first-order valence-electron chi connectivity index (χ1n) is 13.4. The van der Waals surface area contributed by atoms with Crippen molar-refractivity contribution in [2.45, 2.75) is 32.5 Å². The summed E-state index contributed by atoms with van der Waals surface area (Å²) in [6, 6.07) is 22.2. The SMILES string of the molecule is CCCOc1ccccc1N1CCN(C(C)c2ccc(Nc3ccnc4cc(C(F)(F)F)ccc34)cc2)CC1. The number of piperazine rings is 1. The van der Waals surface area contributed by atoms with Crippen LogP contribution in [0, 0.1) is 0 Å². The van der Waals surface area contributed by atoms with Crippen molar-refractivity contribution in [3.8, 4) is 5.75 Å². The van der Waals surface area contributed by atoms with E-state index in [1.807, 2.05) is 24.3 Å². The van der Waals surface area contributed by atoms with E-state index < -0.39 is 11.7 Å². The maximum Gasteiger partial charge on any atom is 0.416 e. The van der Waals surface area contributed by atoms with Crippen molar-refractivity contribution in [2.75, 3.05) is 43.0 Å². The molecule has 4 aromatic rings. The van der Waals surface area contributed by atoms with Crippen molar-refractivity contribution in [3.63, 3.8) is 0 Å². The molecule has 1 aromatic heterocycles. The Balaban J connectivity index is 1.22. The largest absolute Gasteiger partial charge is 0.491 e. The molecule has 3 aromatic carbocycles. The molecule has 5 rings (SSSR count). The highest BCUT2D eigenvalue weighted by atomic mass is 19.4. The molecule has 0 bridgehead atoms. The number of aromatic nitrogens is 1. The Morgan fingerprint density at radius 2 is 1.69 bits per heavy atom. The first kappa shape index (κ1) is 26.8. The normalized spacial score (nSPS) is 15.4. The van der Waals surface area contributed by atoms with Crippen molar-refractivity contribution >= 4 is 28.0 Å². The van der Waals surface area contributed by atoms with Crippen molar-refractivity contribution in [3.05, 3.63) is 90.1 Å². The lowest BCUT2D eigenvalue weighted by molar-refractivity contribution is -0.137. The zero-order valence-corrected chi connectivity index (χ0v) is 22.2. The topological polar surface area (TPSA) is 40.6 Å². The van der Waals surface area contributed by atoms with Gasteiger partial charge in [-0.05, 0) is 61.4 Å². The number of para-hydroxylation sites is 2. The number of ether oxygens (including phenoxy) is 1. The number of benzene rings is 3. The first-order chi connectivity index (χ1) is 18.8. The van der Waals surface area contributed by atoms with Gasteiger partial charge in [-0.25, -0.2) is 0 Å². The number of fused-ring (bicyclic) bond motifs is 1. The summed E-state index contributed by atoms with van der Waals surface area (Å²) in [6.07, 6.45) is -1.89. The fourth-order valence-corrected chi connectivity index (χ4v) is 5.05. The van der Waals surface area contributed by atoms with Gasteiger partial charge >= 0.3 is 6.18 Å². The Morgan fingerprint density at radius 1 is 0.949 bits per heavy atom. The van der Waals surface area contributed by atoms with E-state index in [1.165, 1.54) is 17.8 Å². The summed E-state index contributed by atoms with van der Waals surface area (Å²) >= 11 is 0. The lowest BCUT2D eigenvalue weighted by Crippen LogP contribution is -2.47. The minimum atomic E-state index is -4.40. The predicted octanol–water partition coefficient (Wildman–Crippen LogP) is 7.67. The van der Waals surface area contributed by atoms with Gasteiger partial charge in [-0.2, -0.15) is 13.2 Å². The van der Waals surface area contributed by atoms with Gasteiger partial charge in [-0.15, -0.1) is 0 Å². The molecule has 8 heteroatoms. The first-order valence-corrected chi connectivity index (χ1v) is 13.4. The molecule has 1 N–H and O–H groups in total. The number of halogens is 3. The summed E-state index contributed by atoms with van der Waals surface area (Å²) < 4.78 is 45.3. The Kier molecular flexibility index (Phi) is 7.93. The van der Waals surface area contributed by atoms with E-state index in [-0.39, 0.29) is 6.04 Å². The van der Waals surface area contributed by atoms with Gasteiger partial charge in [0.2, 0.25) is 0 Å². The smallest absolute Gasteiger partial charge is 0.416 e. The molecular formula is C31H33F3N4O. The van der Waals surface area contributed by atoms with Crippen molar-refractivity contribution in [2.24, 2.45) is 0 Å². The summed E-state index contributed by atoms with van der Waals surface area (Å²) in [6.45, 7) is 8.82. The second kappa shape index (κ2) is 11.5. The third kappa shape index (κ3) is 6.11. The Labute approximate surface area is 227 Å². The Bertz CT molecular complexity index is 1400. The Hall–Kier alpha value is -3.78. The van der Waals surface area contributed by atoms with Gasteiger partial charge < -0.3 is 15.0 Å². The number of anilines is 3. The maximum atomic E-state index is 13.1. The highest BCUT2D eigenvalue weighted by molar-refractivity contribution is 5.93. The van der Waals surface area contributed by atoms with Gasteiger partial charge in [0.05, 0.1) is 23.4 Å². The van der Waals surface area contributed by atoms with Crippen LogP contribution in [-0.2, 0) is 6.18 Å².